The highest BCUT2D eigenvalue weighted by atomic mass is 16.5. The van der Waals surface area contributed by atoms with Gasteiger partial charge in [-0.1, -0.05) is 18.2 Å². The Balaban J connectivity index is 1.41. The van der Waals surface area contributed by atoms with Crippen LogP contribution >= 0.6 is 0 Å². The number of allylic oxidation sites excluding steroid dienone is 1. The Morgan fingerprint density at radius 3 is 1.74 bits per heavy atom. The van der Waals surface area contributed by atoms with E-state index in [9.17, 15) is 9.59 Å². The van der Waals surface area contributed by atoms with Crippen molar-refractivity contribution in [2.75, 3.05) is 14.2 Å². The molecule has 3 unspecified atom stereocenters. The summed E-state index contributed by atoms with van der Waals surface area (Å²) >= 11 is 0. The van der Waals surface area contributed by atoms with E-state index in [1.807, 2.05) is 12.1 Å². The lowest BCUT2D eigenvalue weighted by Crippen LogP contribution is -2.58. The summed E-state index contributed by atoms with van der Waals surface area (Å²) in [5.41, 5.74) is 0.691. The lowest BCUT2D eigenvalue weighted by Gasteiger charge is -2.49. The Morgan fingerprint density at radius 2 is 1.26 bits per heavy atom. The average molecular weight is 588 g/mol. The van der Waals surface area contributed by atoms with E-state index < -0.39 is 11.1 Å². The molecule has 3 fully saturated rings. The molecule has 3 atom stereocenters. The van der Waals surface area contributed by atoms with E-state index in [0.29, 0.717) is 42.9 Å². The van der Waals surface area contributed by atoms with Crippen LogP contribution in [-0.4, -0.2) is 38.0 Å². The molecule has 2 aromatic carbocycles. The summed E-state index contributed by atoms with van der Waals surface area (Å²) in [6.45, 7) is 0. The van der Waals surface area contributed by atoms with E-state index in [0.717, 1.165) is 68.2 Å². The molecule has 2 aromatic rings. The second kappa shape index (κ2) is 12.7. The predicted molar refractivity (Wildman–Crippen MR) is 165 cm³/mol. The van der Waals surface area contributed by atoms with E-state index in [4.69, 9.17) is 18.9 Å². The fourth-order valence-electron chi connectivity index (χ4n) is 7.69. The van der Waals surface area contributed by atoms with Crippen molar-refractivity contribution in [3.05, 3.63) is 59.7 Å². The quantitative estimate of drug-likeness (QED) is 0.297. The number of ketones is 2. The van der Waals surface area contributed by atoms with Gasteiger partial charge in [-0.25, -0.2) is 0 Å². The van der Waals surface area contributed by atoms with Crippen LogP contribution in [0.15, 0.2) is 48.6 Å². The summed E-state index contributed by atoms with van der Waals surface area (Å²) < 4.78 is 24.3. The molecule has 6 rings (SSSR count). The van der Waals surface area contributed by atoms with Crippen molar-refractivity contribution in [2.24, 2.45) is 0 Å². The van der Waals surface area contributed by atoms with Gasteiger partial charge in [-0.05, 0) is 106 Å². The molecule has 0 spiro atoms. The topological polar surface area (TPSA) is 83.1 Å². The van der Waals surface area contributed by atoms with Gasteiger partial charge in [0, 0.05) is 25.7 Å². The molecule has 0 aliphatic heterocycles. The zero-order valence-corrected chi connectivity index (χ0v) is 25.6. The molecule has 4 aliphatic carbocycles. The highest BCUT2D eigenvalue weighted by Gasteiger charge is 2.47. The first kappa shape index (κ1) is 29.7. The second-order valence-corrected chi connectivity index (χ2v) is 12.8. The Kier molecular flexibility index (Phi) is 8.80. The first-order valence-electron chi connectivity index (χ1n) is 16.1. The molecular formula is C36H45NO6. The molecule has 7 nitrogen and oxygen atoms in total. The maximum absolute atomic E-state index is 13.2. The van der Waals surface area contributed by atoms with Gasteiger partial charge in [-0.15, -0.1) is 0 Å². The Morgan fingerprint density at radius 1 is 0.698 bits per heavy atom. The van der Waals surface area contributed by atoms with E-state index >= 15 is 0 Å². The van der Waals surface area contributed by atoms with Gasteiger partial charge in [0.05, 0.1) is 31.4 Å². The van der Waals surface area contributed by atoms with Gasteiger partial charge in [0.2, 0.25) is 0 Å². The van der Waals surface area contributed by atoms with Gasteiger partial charge in [0.25, 0.3) is 0 Å². The molecule has 0 saturated heterocycles. The van der Waals surface area contributed by atoms with Gasteiger partial charge in [0.15, 0.2) is 23.0 Å². The van der Waals surface area contributed by atoms with Crippen molar-refractivity contribution in [3.8, 4) is 23.0 Å². The normalized spacial score (nSPS) is 27.8. The number of carbonyl (C=O) groups excluding carboxylic acids is 2. The van der Waals surface area contributed by atoms with Crippen LogP contribution < -0.4 is 24.3 Å². The number of hydrogen-bond donors (Lipinski definition) is 1. The maximum atomic E-state index is 13.2. The second-order valence-electron chi connectivity index (χ2n) is 12.8. The monoisotopic (exact) mass is 587 g/mol. The van der Waals surface area contributed by atoms with Crippen LogP contribution in [0.1, 0.15) is 101 Å². The number of rotatable bonds is 10. The Bertz CT molecular complexity index is 1360. The zero-order valence-electron chi connectivity index (χ0n) is 25.6. The Labute approximate surface area is 255 Å². The number of methoxy groups -OCH3 is 2. The summed E-state index contributed by atoms with van der Waals surface area (Å²) in [6.07, 6.45) is 15.8. The molecule has 3 saturated carbocycles. The number of Topliss-reactive ketones (excluding diaryl/α,β-unsaturated/α-hetero) is 2. The van der Waals surface area contributed by atoms with Gasteiger partial charge >= 0.3 is 0 Å². The third-order valence-corrected chi connectivity index (χ3v) is 9.87. The van der Waals surface area contributed by atoms with Crippen LogP contribution in [0.5, 0.6) is 23.0 Å². The number of ether oxygens (including phenoxy) is 4. The molecule has 7 heteroatoms. The molecule has 0 aromatic heterocycles. The van der Waals surface area contributed by atoms with Crippen molar-refractivity contribution in [2.45, 2.75) is 113 Å². The van der Waals surface area contributed by atoms with Gasteiger partial charge in [-0.3, -0.25) is 14.9 Å². The van der Waals surface area contributed by atoms with Crippen molar-refractivity contribution in [3.63, 3.8) is 0 Å². The minimum absolute atomic E-state index is 0.000873. The molecule has 1 N–H and O–H groups in total. The van der Waals surface area contributed by atoms with Crippen LogP contribution in [-0.2, 0) is 20.7 Å². The molecule has 0 bridgehead atoms. The molecule has 0 amide bonds. The summed E-state index contributed by atoms with van der Waals surface area (Å²) in [6, 6.07) is 12.2. The van der Waals surface area contributed by atoms with Crippen molar-refractivity contribution in [1.29, 1.82) is 0 Å². The molecule has 4 aliphatic rings. The molecule has 230 valence electrons. The highest BCUT2D eigenvalue weighted by molar-refractivity contribution is 5.82. The number of nitrogens with one attached hydrogen (secondary N) is 1. The number of carbonyl (C=O) groups is 2. The van der Waals surface area contributed by atoms with Crippen molar-refractivity contribution >= 4 is 11.6 Å². The number of benzene rings is 2. The lowest BCUT2D eigenvalue weighted by molar-refractivity contribution is -0.124. The minimum Gasteiger partial charge on any atom is -0.493 e. The molecular weight excluding hydrogens is 542 g/mol. The maximum Gasteiger partial charge on any atom is 0.162 e. The third kappa shape index (κ3) is 6.33. The van der Waals surface area contributed by atoms with E-state index in [1.165, 1.54) is 12.8 Å². The molecule has 43 heavy (non-hydrogen) atoms. The van der Waals surface area contributed by atoms with Crippen molar-refractivity contribution in [1.82, 2.24) is 5.32 Å². The van der Waals surface area contributed by atoms with Gasteiger partial charge in [-0.2, -0.15) is 0 Å². The van der Waals surface area contributed by atoms with E-state index in [-0.39, 0.29) is 23.8 Å². The highest BCUT2D eigenvalue weighted by Crippen LogP contribution is 2.47. The lowest BCUT2D eigenvalue weighted by atomic mass is 9.69. The van der Waals surface area contributed by atoms with Crippen LogP contribution in [0.25, 0.3) is 0 Å². The first-order chi connectivity index (χ1) is 20.9. The predicted octanol–water partition coefficient (Wildman–Crippen LogP) is 7.09. The molecule has 0 radical (unpaired) electrons. The van der Waals surface area contributed by atoms with E-state index in [1.54, 1.807) is 14.2 Å². The average Bonchev–Trinajstić information content (AvgIpc) is 3.72. The fourth-order valence-corrected chi connectivity index (χ4v) is 7.69. The van der Waals surface area contributed by atoms with Crippen molar-refractivity contribution < 1.29 is 28.5 Å². The van der Waals surface area contributed by atoms with E-state index in [2.05, 4.69) is 41.7 Å². The minimum atomic E-state index is -0.657. The first-order valence-corrected chi connectivity index (χ1v) is 16.1. The number of hydrogen-bond acceptors (Lipinski definition) is 7. The summed E-state index contributed by atoms with van der Waals surface area (Å²) in [7, 11) is 3.32. The third-order valence-electron chi connectivity index (χ3n) is 9.87. The largest absolute Gasteiger partial charge is 0.493 e. The SMILES string of the molecule is COc1ccc(C2(NC3(c4ccc(OC)c(OC5CCCC5)c4)CCCC(=O)C3)CCCC(=O)C2)cc1OC1C=CCC1. The molecule has 0 heterocycles. The van der Waals surface area contributed by atoms with Crippen LogP contribution in [0, 0.1) is 0 Å². The van der Waals surface area contributed by atoms with Crippen LogP contribution in [0.4, 0.5) is 0 Å². The van der Waals surface area contributed by atoms with Crippen LogP contribution in [0.2, 0.25) is 0 Å². The summed E-state index contributed by atoms with van der Waals surface area (Å²) in [5, 5.41) is 4.05. The van der Waals surface area contributed by atoms with Gasteiger partial charge < -0.3 is 18.9 Å². The fraction of sp³-hybridized carbons (Fsp3) is 0.556. The van der Waals surface area contributed by atoms with Gasteiger partial charge in [0.1, 0.15) is 17.7 Å². The smallest absolute Gasteiger partial charge is 0.162 e. The Hall–Kier alpha value is -3.32. The zero-order chi connectivity index (χ0) is 29.9. The summed E-state index contributed by atoms with van der Waals surface area (Å²) in [4.78, 5) is 26.4. The van der Waals surface area contributed by atoms with Crippen LogP contribution in [0.3, 0.4) is 0 Å². The summed E-state index contributed by atoms with van der Waals surface area (Å²) in [5.74, 6) is 3.25. The standard InChI is InChI=1S/C36H45NO6/c1-40-31-17-15-25(21-33(31)42-29-11-3-4-12-29)35(19-7-9-27(38)23-35)37-36(20-8-10-28(39)24-36)26-16-18-32(41-2)34(22-26)43-30-13-5-6-14-30/h3,11,15-18,21-22,29-30,37H,4-10,12-14,19-20,23-24H2,1-2H3.